The van der Waals surface area contributed by atoms with Crippen molar-refractivity contribution in [3.05, 3.63) is 41.3 Å². The second kappa shape index (κ2) is 7.01. The van der Waals surface area contributed by atoms with E-state index >= 15 is 0 Å². The molecule has 4 rings (SSSR count). The van der Waals surface area contributed by atoms with E-state index < -0.39 is 27.8 Å². The molecule has 1 aliphatic carbocycles. The summed E-state index contributed by atoms with van der Waals surface area (Å²) in [6.07, 6.45) is 1.97. The average Bonchev–Trinajstić information content (AvgIpc) is 2.98. The minimum absolute atomic E-state index is 0.0488. The zero-order valence-electron chi connectivity index (χ0n) is 17.7. The Labute approximate surface area is 179 Å². The van der Waals surface area contributed by atoms with Crippen molar-refractivity contribution in [3.8, 4) is 5.75 Å². The molecular formula is C21H24F2N2O5S. The van der Waals surface area contributed by atoms with Gasteiger partial charge in [0.1, 0.15) is 12.0 Å². The quantitative estimate of drug-likeness (QED) is 0.666. The summed E-state index contributed by atoms with van der Waals surface area (Å²) >= 11 is 0. The Morgan fingerprint density at radius 1 is 1.42 bits per heavy atom. The summed E-state index contributed by atoms with van der Waals surface area (Å²) in [5.41, 5.74) is 1.42. The van der Waals surface area contributed by atoms with Gasteiger partial charge in [0, 0.05) is 37.2 Å². The number of amides is 1. The highest BCUT2D eigenvalue weighted by atomic mass is 32.2. The van der Waals surface area contributed by atoms with Gasteiger partial charge in [-0.2, -0.15) is 0 Å². The lowest BCUT2D eigenvalue weighted by Crippen LogP contribution is -2.35. The second-order valence-corrected chi connectivity index (χ2v) is 10.8. The maximum absolute atomic E-state index is 13.7. The first-order chi connectivity index (χ1) is 14.3. The number of nitrogens with zero attached hydrogens (tertiary/aromatic N) is 2. The van der Waals surface area contributed by atoms with E-state index in [4.69, 9.17) is 9.26 Å². The van der Waals surface area contributed by atoms with Crippen molar-refractivity contribution in [2.24, 2.45) is 5.92 Å². The molecule has 2 fully saturated rings. The van der Waals surface area contributed by atoms with Crippen molar-refractivity contribution < 1.29 is 31.3 Å². The highest BCUT2D eigenvalue weighted by molar-refractivity contribution is 7.90. The third kappa shape index (κ3) is 3.81. The van der Waals surface area contributed by atoms with E-state index in [1.807, 2.05) is 6.92 Å². The molecule has 0 radical (unpaired) electrons. The summed E-state index contributed by atoms with van der Waals surface area (Å²) in [4.78, 5) is 14.9. The molecule has 10 heteroatoms. The summed E-state index contributed by atoms with van der Waals surface area (Å²) in [6.45, 7) is 4.68. The van der Waals surface area contributed by atoms with Crippen LogP contribution in [0, 0.1) is 12.8 Å². The van der Waals surface area contributed by atoms with Gasteiger partial charge in [-0.05, 0) is 44.4 Å². The molecule has 1 amide bonds. The number of sulfone groups is 1. The smallest absolute Gasteiger partial charge is 0.281 e. The molecule has 0 N–H and O–H groups in total. The topological polar surface area (TPSA) is 89.7 Å². The number of carbonyl (C=O) groups is 1. The zero-order valence-corrected chi connectivity index (χ0v) is 18.5. The maximum Gasteiger partial charge on any atom is 0.281 e. The Morgan fingerprint density at radius 2 is 2.13 bits per heavy atom. The molecule has 3 atom stereocenters. The monoisotopic (exact) mass is 454 g/mol. The lowest BCUT2D eigenvalue weighted by molar-refractivity contribution is -0.0720. The van der Waals surface area contributed by atoms with Crippen LogP contribution in [0.15, 0.2) is 33.9 Å². The summed E-state index contributed by atoms with van der Waals surface area (Å²) in [7, 11) is -3.61. The van der Waals surface area contributed by atoms with Crippen LogP contribution in [-0.4, -0.2) is 55.8 Å². The van der Waals surface area contributed by atoms with Crippen LogP contribution in [0.2, 0.25) is 0 Å². The van der Waals surface area contributed by atoms with E-state index in [9.17, 15) is 22.0 Å². The molecule has 1 aliphatic heterocycles. The van der Waals surface area contributed by atoms with Gasteiger partial charge in [0.05, 0.1) is 16.2 Å². The van der Waals surface area contributed by atoms with Crippen molar-refractivity contribution in [3.63, 3.8) is 0 Å². The van der Waals surface area contributed by atoms with Crippen LogP contribution in [-0.2, 0) is 15.3 Å². The van der Waals surface area contributed by atoms with Crippen molar-refractivity contribution in [2.75, 3.05) is 19.3 Å². The molecule has 1 aromatic carbocycles. The Hall–Kier alpha value is -2.49. The summed E-state index contributed by atoms with van der Waals surface area (Å²) < 4.78 is 61.8. The van der Waals surface area contributed by atoms with Crippen LogP contribution >= 0.6 is 0 Å². The number of ether oxygens (including phenoxy) is 1. The molecule has 2 aliphatic rings. The van der Waals surface area contributed by atoms with E-state index in [2.05, 4.69) is 5.16 Å². The average molecular weight is 454 g/mol. The summed E-state index contributed by atoms with van der Waals surface area (Å²) in [6, 6.07) is 3.72. The lowest BCUT2D eigenvalue weighted by Gasteiger charge is -2.25. The van der Waals surface area contributed by atoms with Crippen molar-refractivity contribution >= 4 is 15.7 Å². The van der Waals surface area contributed by atoms with Gasteiger partial charge >= 0.3 is 0 Å². The second-order valence-electron chi connectivity index (χ2n) is 8.74. The number of carbonyl (C=O) groups excluding carboxylic acids is 1. The predicted octanol–water partition coefficient (Wildman–Crippen LogP) is 3.22. The first-order valence-electron chi connectivity index (χ1n) is 9.92. The molecule has 1 aromatic heterocycles. The van der Waals surface area contributed by atoms with E-state index in [-0.39, 0.29) is 27.5 Å². The van der Waals surface area contributed by atoms with Crippen LogP contribution in [0.1, 0.15) is 41.9 Å². The Bertz CT molecular complexity index is 1140. The fraction of sp³-hybridized carbons (Fsp3) is 0.524. The Kier molecular flexibility index (Phi) is 4.92. The Balaban J connectivity index is 1.66. The minimum Gasteiger partial charge on any atom is -0.484 e. The van der Waals surface area contributed by atoms with Crippen LogP contribution in [0.3, 0.4) is 0 Å². The highest BCUT2D eigenvalue weighted by Gasteiger charge is 2.64. The Morgan fingerprint density at radius 3 is 2.71 bits per heavy atom. The molecule has 168 valence electrons. The third-order valence-corrected chi connectivity index (χ3v) is 7.39. The molecule has 31 heavy (non-hydrogen) atoms. The molecule has 0 bridgehead atoms. The standard InChI is InChI=1S/C21H24F2N2O5S/c1-12-10-29-24-18(12)21-8-14(21)9-25(11-21)19(26)16-7-15(31(4,27)28)5-6-17(16)30-13(2)20(3,22)23/h5-7,10,13-14H,8-9,11H2,1-4H3. The van der Waals surface area contributed by atoms with Gasteiger partial charge in [-0.1, -0.05) is 5.16 Å². The van der Waals surface area contributed by atoms with Gasteiger partial charge in [-0.15, -0.1) is 0 Å². The molecule has 2 heterocycles. The molecule has 1 saturated heterocycles. The zero-order chi connectivity index (χ0) is 22.8. The fourth-order valence-electron chi connectivity index (χ4n) is 4.25. The molecule has 7 nitrogen and oxygen atoms in total. The molecule has 3 unspecified atom stereocenters. The van der Waals surface area contributed by atoms with Crippen molar-refractivity contribution in [1.82, 2.24) is 10.1 Å². The van der Waals surface area contributed by atoms with Gasteiger partial charge in [-0.3, -0.25) is 4.79 Å². The number of hydrogen-bond acceptors (Lipinski definition) is 6. The fourth-order valence-corrected chi connectivity index (χ4v) is 4.90. The SMILES string of the molecule is Cc1conc1C12CC1CN(C(=O)c1cc(S(C)(=O)=O)ccc1OC(C)C(C)(F)F)C2. The van der Waals surface area contributed by atoms with Crippen LogP contribution < -0.4 is 4.74 Å². The number of aryl methyl sites for hydroxylation is 1. The number of benzene rings is 1. The number of halogens is 2. The first-order valence-corrected chi connectivity index (χ1v) is 11.8. The lowest BCUT2D eigenvalue weighted by atomic mass is 9.98. The van der Waals surface area contributed by atoms with E-state index in [0.717, 1.165) is 30.9 Å². The van der Waals surface area contributed by atoms with Crippen LogP contribution in [0.4, 0.5) is 8.78 Å². The van der Waals surface area contributed by atoms with Gasteiger partial charge < -0.3 is 14.2 Å². The van der Waals surface area contributed by atoms with E-state index in [1.54, 1.807) is 11.2 Å². The normalized spacial score (nSPS) is 24.1. The number of aromatic nitrogens is 1. The number of rotatable bonds is 6. The van der Waals surface area contributed by atoms with Crippen LogP contribution in [0.25, 0.3) is 0 Å². The van der Waals surface area contributed by atoms with Crippen LogP contribution in [0.5, 0.6) is 5.75 Å². The van der Waals surface area contributed by atoms with Gasteiger partial charge in [-0.25, -0.2) is 17.2 Å². The molecule has 0 spiro atoms. The largest absolute Gasteiger partial charge is 0.484 e. The van der Waals surface area contributed by atoms with Crippen molar-refractivity contribution in [2.45, 2.75) is 49.5 Å². The van der Waals surface area contributed by atoms with E-state index in [0.29, 0.717) is 13.1 Å². The summed E-state index contributed by atoms with van der Waals surface area (Å²) in [5, 5.41) is 4.11. The molecule has 1 saturated carbocycles. The summed E-state index contributed by atoms with van der Waals surface area (Å²) in [5.74, 6) is -3.44. The van der Waals surface area contributed by atoms with Gasteiger partial charge in [0.2, 0.25) is 0 Å². The predicted molar refractivity (Wildman–Crippen MR) is 107 cm³/mol. The number of piperidine rings is 1. The highest BCUT2D eigenvalue weighted by Crippen LogP contribution is 2.59. The maximum atomic E-state index is 13.7. The van der Waals surface area contributed by atoms with Gasteiger partial charge in [0.15, 0.2) is 15.9 Å². The number of hydrogen-bond donors (Lipinski definition) is 0. The number of likely N-dealkylation sites (tertiary alicyclic amines) is 1. The number of fused-ring (bicyclic) bond motifs is 1. The van der Waals surface area contributed by atoms with E-state index in [1.165, 1.54) is 25.1 Å². The minimum atomic E-state index is -3.61. The van der Waals surface area contributed by atoms with Gasteiger partial charge in [0.25, 0.3) is 11.8 Å². The molecule has 2 aromatic rings. The number of alkyl halides is 2. The van der Waals surface area contributed by atoms with Crippen molar-refractivity contribution in [1.29, 1.82) is 0 Å². The first kappa shape index (κ1) is 21.7. The third-order valence-electron chi connectivity index (χ3n) is 6.28. The molecular weight excluding hydrogens is 430 g/mol.